The van der Waals surface area contributed by atoms with Gasteiger partial charge < -0.3 is 59.9 Å². The molecule has 1 fully saturated rings. The van der Waals surface area contributed by atoms with Crippen molar-refractivity contribution >= 4 is 27.6 Å². The van der Waals surface area contributed by atoms with Gasteiger partial charge in [0.05, 0.1) is 43.5 Å². The van der Waals surface area contributed by atoms with E-state index in [1.165, 1.54) is 50.3 Å². The lowest BCUT2D eigenvalue weighted by molar-refractivity contribution is -0.165. The lowest BCUT2D eigenvalue weighted by atomic mass is 9.83. The maximum absolute atomic E-state index is 13.6. The minimum absolute atomic E-state index is 0.0477. The van der Waals surface area contributed by atoms with E-state index in [4.69, 9.17) is 23.0 Å². The summed E-state index contributed by atoms with van der Waals surface area (Å²) in [5.41, 5.74) is 0. The van der Waals surface area contributed by atoms with E-state index in [-0.39, 0.29) is 19.3 Å². The summed E-state index contributed by atoms with van der Waals surface area (Å²) in [7, 11) is -11.4. The summed E-state index contributed by atoms with van der Waals surface area (Å²) in [4.78, 5) is 56.4. The minimum atomic E-state index is -5.75. The van der Waals surface area contributed by atoms with Crippen LogP contribution in [0, 0.1) is 11.8 Å². The maximum Gasteiger partial charge on any atom is 0.472 e. The Balaban J connectivity index is 2.26. The molecule has 0 spiro atoms. The van der Waals surface area contributed by atoms with Crippen molar-refractivity contribution < 1.29 is 92.2 Å². The molecule has 1 unspecified atom stereocenters. The van der Waals surface area contributed by atoms with E-state index in [2.05, 4.69) is 19.1 Å². The fraction of sp³-hybridized carbons (Fsp3) is 0.822. The molecule has 66 heavy (non-hydrogen) atoms. The number of carbonyl (C=O) groups is 2. The molecule has 10 N–H and O–H groups in total. The number of aliphatic hydroxyl groups excluding tert-OH is 7. The van der Waals surface area contributed by atoms with Crippen LogP contribution in [0.3, 0.4) is 0 Å². The number of phosphoric ester groups is 2. The molecule has 1 saturated carbocycles. The van der Waals surface area contributed by atoms with E-state index in [1.54, 1.807) is 0 Å². The topological polar surface area (TPSA) is 317 Å². The summed E-state index contributed by atoms with van der Waals surface area (Å²) in [5, 5.41) is 79.2. The Morgan fingerprint density at radius 1 is 0.848 bits per heavy atom. The van der Waals surface area contributed by atoms with Gasteiger partial charge >= 0.3 is 27.6 Å². The molecule has 2 aliphatic rings. The third-order valence-electron chi connectivity index (χ3n) is 11.8. The van der Waals surface area contributed by atoms with Crippen molar-refractivity contribution in [1.82, 2.24) is 0 Å². The van der Waals surface area contributed by atoms with Crippen molar-refractivity contribution in [3.8, 4) is 0 Å². The van der Waals surface area contributed by atoms with Crippen LogP contribution < -0.4 is 0 Å². The van der Waals surface area contributed by atoms with Crippen LogP contribution in [-0.2, 0) is 41.8 Å². The van der Waals surface area contributed by atoms with E-state index in [9.17, 15) is 69.1 Å². The fourth-order valence-corrected chi connectivity index (χ4v) is 9.53. The molecule has 1 aliphatic heterocycles. The van der Waals surface area contributed by atoms with Crippen molar-refractivity contribution in [2.45, 2.75) is 210 Å². The second-order valence-corrected chi connectivity index (χ2v) is 20.0. The SMILES string of the molecule is CC/C=C\CCCCCCCCCCCCCC(=O)OC[C@@H]1COP(=O)(O)O[C@H]2[C@H](O)[C@@H](O)[C@H](O)[C@H](C/C=C\CC(=O)O1)[C@@H](O)C[C@@H](O)[C@H](/C=C\[C@H](O)CCCCC)[C@@H](O)[C@H]2OP(=O)(O)O. The Morgan fingerprint density at radius 3 is 2.11 bits per heavy atom. The van der Waals surface area contributed by atoms with Crippen molar-refractivity contribution in [3.05, 3.63) is 36.5 Å². The highest BCUT2D eigenvalue weighted by Crippen LogP contribution is 2.50. The maximum atomic E-state index is 13.6. The number of allylic oxidation sites excluding steroid dienone is 3. The Morgan fingerprint density at radius 2 is 1.48 bits per heavy atom. The van der Waals surface area contributed by atoms with Gasteiger partial charge in [-0.2, -0.15) is 0 Å². The van der Waals surface area contributed by atoms with Crippen LogP contribution in [0.25, 0.3) is 0 Å². The molecular formula is C45H80O19P2. The molecule has 0 aromatic carbocycles. The van der Waals surface area contributed by atoms with Crippen LogP contribution in [0.4, 0.5) is 0 Å². The first-order valence-electron chi connectivity index (χ1n) is 23.8. The number of fused-ring (bicyclic) bond motifs is 4. The molecule has 0 amide bonds. The fourth-order valence-electron chi connectivity index (χ4n) is 8.00. The number of ether oxygens (including phenoxy) is 2. The molecule has 13 atom stereocenters. The molecule has 0 saturated heterocycles. The zero-order chi connectivity index (χ0) is 49.1. The van der Waals surface area contributed by atoms with Crippen LogP contribution in [0.15, 0.2) is 36.5 Å². The smallest absolute Gasteiger partial charge is 0.462 e. The van der Waals surface area contributed by atoms with Gasteiger partial charge in [-0.05, 0) is 38.5 Å². The van der Waals surface area contributed by atoms with Crippen LogP contribution in [0.5, 0.6) is 0 Å². The molecule has 384 valence electrons. The Labute approximate surface area is 390 Å². The number of aliphatic hydroxyl groups is 7. The van der Waals surface area contributed by atoms with Crippen molar-refractivity contribution in [2.75, 3.05) is 13.2 Å². The normalized spacial score (nSPS) is 32.1. The monoisotopic (exact) mass is 986 g/mol. The largest absolute Gasteiger partial charge is 0.472 e. The number of unbranched alkanes of at least 4 members (excludes halogenated alkanes) is 13. The molecule has 21 heteroatoms. The van der Waals surface area contributed by atoms with Gasteiger partial charge in [0.2, 0.25) is 0 Å². The average molecular weight is 987 g/mol. The number of phosphoric acid groups is 2. The van der Waals surface area contributed by atoms with Crippen LogP contribution in [0.1, 0.15) is 149 Å². The van der Waals surface area contributed by atoms with Gasteiger partial charge in [0, 0.05) is 24.7 Å². The van der Waals surface area contributed by atoms with Crippen LogP contribution in [0.2, 0.25) is 0 Å². The second kappa shape index (κ2) is 32.8. The molecule has 0 aromatic heterocycles. The lowest BCUT2D eigenvalue weighted by Gasteiger charge is -2.38. The molecule has 0 aromatic rings. The minimum Gasteiger partial charge on any atom is -0.462 e. The predicted molar refractivity (Wildman–Crippen MR) is 243 cm³/mol. The number of hydrogen-bond acceptors (Lipinski definition) is 16. The molecule has 19 nitrogen and oxygen atoms in total. The van der Waals surface area contributed by atoms with Gasteiger partial charge in [0.25, 0.3) is 0 Å². The van der Waals surface area contributed by atoms with Gasteiger partial charge in [-0.3, -0.25) is 23.2 Å². The summed E-state index contributed by atoms with van der Waals surface area (Å²) in [6, 6.07) is 0. The molecule has 1 aliphatic carbocycles. The van der Waals surface area contributed by atoms with E-state index in [1.807, 2.05) is 6.92 Å². The van der Waals surface area contributed by atoms with Crippen molar-refractivity contribution in [3.63, 3.8) is 0 Å². The number of rotatable bonds is 25. The Bertz CT molecular complexity index is 1540. The number of carbonyl (C=O) groups excluding carboxylic acids is 2. The zero-order valence-corrected chi connectivity index (χ0v) is 40.5. The van der Waals surface area contributed by atoms with E-state index in [0.29, 0.717) is 12.8 Å². The lowest BCUT2D eigenvalue weighted by Crippen LogP contribution is -2.56. The number of esters is 2. The number of cyclic esters (lactones) is 1. The first kappa shape index (κ1) is 60.2. The molecule has 2 bridgehead atoms. The van der Waals surface area contributed by atoms with Gasteiger partial charge in [-0.15, -0.1) is 0 Å². The van der Waals surface area contributed by atoms with Crippen molar-refractivity contribution in [2.24, 2.45) is 11.8 Å². The molecular weight excluding hydrogens is 906 g/mol. The third-order valence-corrected chi connectivity index (χ3v) is 13.3. The van der Waals surface area contributed by atoms with Gasteiger partial charge in [0.15, 0.2) is 6.10 Å². The Kier molecular flexibility index (Phi) is 30.0. The summed E-state index contributed by atoms with van der Waals surface area (Å²) < 4.78 is 51.8. The summed E-state index contributed by atoms with van der Waals surface area (Å²) in [6.07, 6.45) is 3.24. The summed E-state index contributed by atoms with van der Waals surface area (Å²) in [6.45, 7) is 2.46. The van der Waals surface area contributed by atoms with Crippen LogP contribution in [-0.4, -0.2) is 137 Å². The van der Waals surface area contributed by atoms with Crippen LogP contribution >= 0.6 is 15.6 Å². The predicted octanol–water partition coefficient (Wildman–Crippen LogP) is 5.11. The summed E-state index contributed by atoms with van der Waals surface area (Å²) >= 11 is 0. The number of hydrogen-bond donors (Lipinski definition) is 10. The van der Waals surface area contributed by atoms with Crippen molar-refractivity contribution in [1.29, 1.82) is 0 Å². The highest BCUT2D eigenvalue weighted by Gasteiger charge is 2.51. The highest BCUT2D eigenvalue weighted by molar-refractivity contribution is 7.47. The van der Waals surface area contributed by atoms with E-state index < -0.39 is 127 Å². The van der Waals surface area contributed by atoms with Gasteiger partial charge in [-0.25, -0.2) is 9.13 Å². The highest BCUT2D eigenvalue weighted by atomic mass is 31.2. The van der Waals surface area contributed by atoms with Gasteiger partial charge in [0.1, 0.15) is 31.0 Å². The molecule has 1 heterocycles. The van der Waals surface area contributed by atoms with Gasteiger partial charge in [-0.1, -0.05) is 127 Å². The standard InChI is InChI=1S/C45H80O19P2/c1-3-5-7-8-9-10-11-12-13-14-15-16-17-18-20-25-38(49)60-30-33-31-61-66(58,59)64-45-43(54)42(53)40(51)34(24-21-22-26-39(50)62-33)36(47)29-37(48)35(28-27-32(46)23-19-6-4-2)41(52)44(45)63-65(55,56)57/h5,7,21-22,27-28,32-37,40-48,51-54H,3-4,6,8-20,23-26,29-31H2,1-2H3,(H,58,59)(H2,55,56,57)/b7-5-,22-21-,28-27-/t32-,33-,34-,35+,36+,37-,40-,41-,42+,43-,44-,45+/m1/s1. The third kappa shape index (κ3) is 24.6. The summed E-state index contributed by atoms with van der Waals surface area (Å²) in [5.74, 6) is -4.72. The van der Waals surface area contributed by atoms with E-state index >= 15 is 0 Å². The quantitative estimate of drug-likeness (QED) is 0.0246. The Hall–Kier alpha value is -1.90. The molecule has 2 rings (SSSR count). The second-order valence-electron chi connectivity index (χ2n) is 17.4. The molecule has 0 radical (unpaired) electrons. The first-order chi connectivity index (χ1) is 31.3. The first-order valence-corrected chi connectivity index (χ1v) is 26.8. The van der Waals surface area contributed by atoms with E-state index in [0.717, 1.165) is 63.9 Å². The average Bonchev–Trinajstić information content (AvgIpc) is 3.25. The zero-order valence-electron chi connectivity index (χ0n) is 38.7.